The van der Waals surface area contributed by atoms with Gasteiger partial charge >= 0.3 is 6.03 Å². The molecule has 0 saturated carbocycles. The molecule has 0 bridgehead atoms. The highest BCUT2D eigenvalue weighted by Crippen LogP contribution is 2.25. The van der Waals surface area contributed by atoms with Crippen molar-refractivity contribution in [2.75, 3.05) is 18.4 Å². The average molecular weight is 343 g/mol. The van der Waals surface area contributed by atoms with Crippen LogP contribution in [0.4, 0.5) is 14.9 Å². The van der Waals surface area contributed by atoms with Gasteiger partial charge in [0.15, 0.2) is 0 Å². The number of carbonyl (C=O) groups is 1. The number of benzene rings is 2. The van der Waals surface area contributed by atoms with E-state index in [4.69, 9.17) is 0 Å². The third kappa shape index (κ3) is 4.48. The van der Waals surface area contributed by atoms with Gasteiger partial charge in [-0.05, 0) is 47.7 Å². The van der Waals surface area contributed by atoms with Gasteiger partial charge in [-0.2, -0.15) is 0 Å². The molecule has 1 aliphatic heterocycles. The Morgan fingerprint density at radius 3 is 2.80 bits per heavy atom. The Morgan fingerprint density at radius 2 is 2.00 bits per heavy atom. The van der Waals surface area contributed by atoms with E-state index in [-0.39, 0.29) is 18.4 Å². The maximum atomic E-state index is 12.9. The number of hydrogen-bond donors (Lipinski definition) is 4. The minimum absolute atomic E-state index is 0.0614. The maximum Gasteiger partial charge on any atom is 0.315 e. The van der Waals surface area contributed by atoms with Gasteiger partial charge in [-0.15, -0.1) is 0 Å². The second-order valence-corrected chi connectivity index (χ2v) is 6.10. The fraction of sp³-hybridized carbons (Fsp3) is 0.316. The summed E-state index contributed by atoms with van der Waals surface area (Å²) in [5, 5.41) is 18.8. The van der Waals surface area contributed by atoms with Crippen LogP contribution >= 0.6 is 0 Å². The first kappa shape index (κ1) is 17.2. The van der Waals surface area contributed by atoms with Crippen molar-refractivity contribution in [3.63, 3.8) is 0 Å². The van der Waals surface area contributed by atoms with Crippen molar-refractivity contribution < 1.29 is 14.3 Å². The minimum Gasteiger partial charge on any atom is -0.387 e. The van der Waals surface area contributed by atoms with Crippen LogP contribution in [0.1, 0.15) is 29.2 Å². The van der Waals surface area contributed by atoms with E-state index < -0.39 is 6.10 Å². The number of anilines is 1. The lowest BCUT2D eigenvalue weighted by Crippen LogP contribution is -2.37. The molecule has 1 atom stereocenters. The number of halogens is 1. The van der Waals surface area contributed by atoms with Gasteiger partial charge in [0.2, 0.25) is 0 Å². The zero-order valence-electron chi connectivity index (χ0n) is 13.9. The van der Waals surface area contributed by atoms with E-state index in [0.717, 1.165) is 30.6 Å². The molecule has 132 valence electrons. The molecule has 1 heterocycles. The van der Waals surface area contributed by atoms with E-state index in [2.05, 4.69) is 22.0 Å². The van der Waals surface area contributed by atoms with Gasteiger partial charge in [0.1, 0.15) is 5.82 Å². The van der Waals surface area contributed by atoms with Gasteiger partial charge in [-0.25, -0.2) is 9.18 Å². The summed E-state index contributed by atoms with van der Waals surface area (Å²) in [6, 6.07) is 11.3. The first-order valence-corrected chi connectivity index (χ1v) is 8.43. The summed E-state index contributed by atoms with van der Waals surface area (Å²) in [5.41, 5.74) is 4.04. The van der Waals surface area contributed by atoms with E-state index >= 15 is 0 Å². The van der Waals surface area contributed by atoms with Crippen LogP contribution in [0.25, 0.3) is 0 Å². The molecule has 2 amide bonds. The topological polar surface area (TPSA) is 73.4 Å². The molecule has 2 aromatic carbocycles. The Morgan fingerprint density at radius 1 is 1.20 bits per heavy atom. The van der Waals surface area contributed by atoms with Crippen molar-refractivity contribution in [2.24, 2.45) is 0 Å². The molecular weight excluding hydrogens is 321 g/mol. The summed E-state index contributed by atoms with van der Waals surface area (Å²) < 4.78 is 12.9. The highest BCUT2D eigenvalue weighted by molar-refractivity contribution is 5.74. The molecule has 6 heteroatoms. The summed E-state index contributed by atoms with van der Waals surface area (Å²) in [5.74, 6) is -0.359. The van der Waals surface area contributed by atoms with E-state index in [0.29, 0.717) is 12.1 Å². The second-order valence-electron chi connectivity index (χ2n) is 6.10. The van der Waals surface area contributed by atoms with Crippen molar-refractivity contribution in [1.29, 1.82) is 0 Å². The summed E-state index contributed by atoms with van der Waals surface area (Å²) in [6.07, 6.45) is 1.21. The number of fused-ring (bicyclic) bond motifs is 1. The van der Waals surface area contributed by atoms with Gasteiger partial charge in [-0.3, -0.25) is 0 Å². The Bertz CT molecular complexity index is 734. The number of rotatable bonds is 5. The zero-order chi connectivity index (χ0) is 17.6. The molecular formula is C19H22FN3O2. The largest absolute Gasteiger partial charge is 0.387 e. The first-order chi connectivity index (χ1) is 12.1. The van der Waals surface area contributed by atoms with E-state index in [9.17, 15) is 14.3 Å². The number of nitrogens with one attached hydrogen (secondary N) is 3. The lowest BCUT2D eigenvalue weighted by Gasteiger charge is -2.21. The number of carbonyl (C=O) groups excluding carboxylic acids is 1. The van der Waals surface area contributed by atoms with Gasteiger partial charge < -0.3 is 21.1 Å². The van der Waals surface area contributed by atoms with Crippen molar-refractivity contribution in [3.05, 3.63) is 65.0 Å². The van der Waals surface area contributed by atoms with Crippen LogP contribution < -0.4 is 16.0 Å². The molecule has 0 radical (unpaired) electrons. The average Bonchev–Trinajstić information content (AvgIpc) is 2.65. The van der Waals surface area contributed by atoms with Gasteiger partial charge in [0, 0.05) is 25.3 Å². The van der Waals surface area contributed by atoms with Gasteiger partial charge in [0.05, 0.1) is 6.10 Å². The number of hydrogen-bond acceptors (Lipinski definition) is 3. The van der Waals surface area contributed by atoms with E-state index in [1.54, 1.807) is 0 Å². The van der Waals surface area contributed by atoms with Crippen molar-refractivity contribution in [3.8, 4) is 0 Å². The van der Waals surface area contributed by atoms with Crippen LogP contribution in [0.3, 0.4) is 0 Å². The smallest absolute Gasteiger partial charge is 0.315 e. The third-order valence-electron chi connectivity index (χ3n) is 4.34. The molecule has 0 aliphatic carbocycles. The van der Waals surface area contributed by atoms with Crippen molar-refractivity contribution in [1.82, 2.24) is 10.6 Å². The molecule has 0 unspecified atom stereocenters. The standard InChI is InChI=1S/C19H22FN3O2/c20-15-8-6-13(7-9-15)18(24)12-23-19(25)22-11-14-3-1-5-17-16(14)4-2-10-21-17/h1,3,5-9,18,21,24H,2,4,10-12H2,(H2,22,23,25)/t18-/m0/s1. The Balaban J connectivity index is 1.49. The number of urea groups is 1. The highest BCUT2D eigenvalue weighted by atomic mass is 19.1. The Kier molecular flexibility index (Phi) is 5.50. The Hall–Kier alpha value is -2.60. The van der Waals surface area contributed by atoms with Crippen LogP contribution in [0.5, 0.6) is 0 Å². The molecule has 2 aromatic rings. The molecule has 4 N–H and O–H groups in total. The van der Waals surface area contributed by atoms with Gasteiger partial charge in [-0.1, -0.05) is 24.3 Å². The predicted octanol–water partition coefficient (Wildman–Crippen LogP) is 2.72. The number of aliphatic hydroxyl groups is 1. The number of aliphatic hydroxyl groups excluding tert-OH is 1. The van der Waals surface area contributed by atoms with Crippen LogP contribution in [0.15, 0.2) is 42.5 Å². The van der Waals surface area contributed by atoms with Crippen LogP contribution in [0.2, 0.25) is 0 Å². The molecule has 0 aromatic heterocycles. The van der Waals surface area contributed by atoms with Gasteiger partial charge in [0.25, 0.3) is 0 Å². The van der Waals surface area contributed by atoms with Crippen molar-refractivity contribution >= 4 is 11.7 Å². The maximum absolute atomic E-state index is 12.9. The van der Waals surface area contributed by atoms with Crippen molar-refractivity contribution in [2.45, 2.75) is 25.5 Å². The SMILES string of the molecule is O=C(NCc1cccc2c1CCCN2)NC[C@H](O)c1ccc(F)cc1. The molecule has 0 spiro atoms. The lowest BCUT2D eigenvalue weighted by molar-refractivity contribution is 0.173. The molecule has 0 saturated heterocycles. The summed E-state index contributed by atoms with van der Waals surface area (Å²) in [6.45, 7) is 1.47. The normalized spacial score (nSPS) is 14.2. The van der Waals surface area contributed by atoms with E-state index in [1.807, 2.05) is 12.1 Å². The molecule has 3 rings (SSSR count). The third-order valence-corrected chi connectivity index (χ3v) is 4.34. The highest BCUT2D eigenvalue weighted by Gasteiger charge is 2.13. The molecule has 5 nitrogen and oxygen atoms in total. The molecule has 25 heavy (non-hydrogen) atoms. The monoisotopic (exact) mass is 343 g/mol. The summed E-state index contributed by atoms with van der Waals surface area (Å²) in [7, 11) is 0. The molecule has 1 aliphatic rings. The quantitative estimate of drug-likeness (QED) is 0.674. The zero-order valence-corrected chi connectivity index (χ0v) is 13.9. The Labute approximate surface area is 146 Å². The summed E-state index contributed by atoms with van der Waals surface area (Å²) >= 11 is 0. The van der Waals surface area contributed by atoms with Crippen LogP contribution in [-0.2, 0) is 13.0 Å². The number of amides is 2. The van der Waals surface area contributed by atoms with E-state index in [1.165, 1.54) is 29.8 Å². The first-order valence-electron chi connectivity index (χ1n) is 8.43. The predicted molar refractivity (Wildman–Crippen MR) is 94.9 cm³/mol. The fourth-order valence-corrected chi connectivity index (χ4v) is 2.98. The van der Waals surface area contributed by atoms with Crippen LogP contribution in [0, 0.1) is 5.82 Å². The lowest BCUT2D eigenvalue weighted by atomic mass is 9.97. The van der Waals surface area contributed by atoms with Crippen LogP contribution in [-0.4, -0.2) is 24.2 Å². The minimum atomic E-state index is -0.875. The summed E-state index contributed by atoms with van der Waals surface area (Å²) in [4.78, 5) is 12.0. The second kappa shape index (κ2) is 7.98. The fourth-order valence-electron chi connectivity index (χ4n) is 2.98. The molecule has 0 fully saturated rings.